The van der Waals surface area contributed by atoms with Gasteiger partial charge < -0.3 is 10.1 Å². The van der Waals surface area contributed by atoms with Gasteiger partial charge in [0.1, 0.15) is 0 Å². The van der Waals surface area contributed by atoms with Crippen molar-refractivity contribution in [2.24, 2.45) is 10.2 Å². The summed E-state index contributed by atoms with van der Waals surface area (Å²) in [6.07, 6.45) is 0. The van der Waals surface area contributed by atoms with Gasteiger partial charge in [0.25, 0.3) is 11.5 Å². The number of hydrogen-bond donors (Lipinski definition) is 4. The Morgan fingerprint density at radius 3 is 2.65 bits per heavy atom. The third-order valence-electron chi connectivity index (χ3n) is 3.37. The van der Waals surface area contributed by atoms with Crippen LogP contribution in [0.3, 0.4) is 0 Å². The first-order valence-electron chi connectivity index (χ1n) is 6.91. The Bertz CT molecular complexity index is 1320. The summed E-state index contributed by atoms with van der Waals surface area (Å²) in [5.74, 6) is -0.521. The van der Waals surface area contributed by atoms with Crippen molar-refractivity contribution in [1.29, 1.82) is 0 Å². The van der Waals surface area contributed by atoms with Crippen LogP contribution in [0.5, 0.6) is 5.88 Å². The lowest BCUT2D eigenvalue weighted by Gasteiger charge is -1.96. The molecule has 0 aliphatic rings. The van der Waals surface area contributed by atoms with Gasteiger partial charge >= 0.3 is 5.69 Å². The van der Waals surface area contributed by atoms with Gasteiger partial charge in [-0.2, -0.15) is 4.98 Å². The molecule has 13 heteroatoms. The molecule has 130 valence electrons. The number of fused-ring (bicyclic) bond motifs is 2. The van der Waals surface area contributed by atoms with Crippen LogP contribution >= 0.6 is 23.2 Å². The molecule has 4 rings (SSSR count). The minimum atomic E-state index is -0.746. The van der Waals surface area contributed by atoms with Gasteiger partial charge in [0.05, 0.1) is 10.5 Å². The van der Waals surface area contributed by atoms with E-state index >= 15 is 0 Å². The topological polar surface area (TPSA) is 165 Å². The van der Waals surface area contributed by atoms with E-state index in [9.17, 15) is 14.7 Å². The predicted molar refractivity (Wildman–Crippen MR) is 92.7 cm³/mol. The summed E-state index contributed by atoms with van der Waals surface area (Å²) in [5.41, 5.74) is -1.24. The van der Waals surface area contributed by atoms with Gasteiger partial charge in [0, 0.05) is 10.4 Å². The molecule has 4 N–H and O–H groups in total. The minimum absolute atomic E-state index is 0.0625. The van der Waals surface area contributed by atoms with E-state index in [1.54, 1.807) is 6.07 Å². The fraction of sp³-hybridized carbons (Fsp3) is 0. The standard InChI is InChI=1S/C13H6Cl2N8O3/c14-3-1-4-6(5(15)2-3)16-10(24)7(4)20-22-12-17-9-8(21-23-12)11(25)19-13(26)18-9/h1-2,16,24H,(H2,17,18,19,23,25,26). The summed E-state index contributed by atoms with van der Waals surface area (Å²) in [6, 6.07) is 3.05. The van der Waals surface area contributed by atoms with Gasteiger partial charge in [-0.25, -0.2) is 4.79 Å². The maximum atomic E-state index is 11.6. The van der Waals surface area contributed by atoms with Crippen LogP contribution in [0.1, 0.15) is 0 Å². The third kappa shape index (κ3) is 2.68. The van der Waals surface area contributed by atoms with Crippen LogP contribution in [-0.4, -0.2) is 35.2 Å². The van der Waals surface area contributed by atoms with Crippen LogP contribution in [0, 0.1) is 0 Å². The Hall–Kier alpha value is -3.31. The molecular weight excluding hydrogens is 387 g/mol. The van der Waals surface area contributed by atoms with E-state index < -0.39 is 11.2 Å². The fourth-order valence-corrected chi connectivity index (χ4v) is 2.83. The lowest BCUT2D eigenvalue weighted by molar-refractivity contribution is 0.459. The van der Waals surface area contributed by atoms with Crippen molar-refractivity contribution in [1.82, 2.24) is 30.1 Å². The molecule has 3 heterocycles. The number of benzene rings is 1. The first-order valence-corrected chi connectivity index (χ1v) is 7.66. The molecule has 0 radical (unpaired) electrons. The van der Waals surface area contributed by atoms with E-state index in [2.05, 4.69) is 35.4 Å². The second-order valence-electron chi connectivity index (χ2n) is 5.05. The van der Waals surface area contributed by atoms with E-state index in [1.165, 1.54) is 6.07 Å². The Balaban J connectivity index is 1.83. The highest BCUT2D eigenvalue weighted by molar-refractivity contribution is 6.38. The highest BCUT2D eigenvalue weighted by Crippen LogP contribution is 2.40. The number of nitrogens with zero attached hydrogens (tertiary/aromatic N) is 5. The molecule has 1 aromatic carbocycles. The number of hydrogen-bond acceptors (Lipinski definition) is 8. The minimum Gasteiger partial charge on any atom is -0.493 e. The Labute approximate surface area is 151 Å². The number of azo groups is 1. The SMILES string of the molecule is O=c1[nH]c(=O)c2nnc(N=Nc3c(O)[nH]c4c(Cl)cc(Cl)cc34)nc2[nH]1. The largest absolute Gasteiger partial charge is 0.493 e. The average Bonchev–Trinajstić information content (AvgIpc) is 2.88. The summed E-state index contributed by atoms with van der Waals surface area (Å²) < 4.78 is 0. The quantitative estimate of drug-likeness (QED) is 0.382. The first-order chi connectivity index (χ1) is 12.4. The van der Waals surface area contributed by atoms with Crippen molar-refractivity contribution in [2.45, 2.75) is 0 Å². The lowest BCUT2D eigenvalue weighted by atomic mass is 10.2. The summed E-state index contributed by atoms with van der Waals surface area (Å²) in [7, 11) is 0. The zero-order valence-corrected chi connectivity index (χ0v) is 13.9. The molecule has 0 bridgehead atoms. The van der Waals surface area contributed by atoms with Gasteiger partial charge in [-0.3, -0.25) is 14.8 Å². The van der Waals surface area contributed by atoms with Gasteiger partial charge in [0.15, 0.2) is 16.9 Å². The average molecular weight is 393 g/mol. The Morgan fingerprint density at radius 2 is 1.85 bits per heavy atom. The molecule has 4 aromatic rings. The molecular formula is C13H6Cl2N8O3. The van der Waals surface area contributed by atoms with Crippen molar-refractivity contribution >= 4 is 56.9 Å². The molecule has 0 aliphatic heterocycles. The van der Waals surface area contributed by atoms with Crippen molar-refractivity contribution in [3.8, 4) is 5.88 Å². The molecule has 11 nitrogen and oxygen atoms in total. The second kappa shape index (κ2) is 5.89. The molecule has 0 saturated heterocycles. The van der Waals surface area contributed by atoms with Crippen LogP contribution in [-0.2, 0) is 0 Å². The monoisotopic (exact) mass is 392 g/mol. The molecule has 26 heavy (non-hydrogen) atoms. The highest BCUT2D eigenvalue weighted by atomic mass is 35.5. The van der Waals surface area contributed by atoms with E-state index in [1.807, 2.05) is 4.98 Å². The van der Waals surface area contributed by atoms with E-state index in [0.29, 0.717) is 20.9 Å². The number of aromatic hydroxyl groups is 1. The van der Waals surface area contributed by atoms with Crippen molar-refractivity contribution in [3.63, 3.8) is 0 Å². The van der Waals surface area contributed by atoms with Gasteiger partial charge in [-0.15, -0.1) is 20.4 Å². The Morgan fingerprint density at radius 1 is 1.04 bits per heavy atom. The summed E-state index contributed by atoms with van der Waals surface area (Å²) in [5, 5.41) is 26.0. The van der Waals surface area contributed by atoms with Crippen LogP contribution in [0.15, 0.2) is 32.0 Å². The smallest absolute Gasteiger partial charge is 0.327 e. The second-order valence-corrected chi connectivity index (χ2v) is 5.89. The molecule has 0 atom stereocenters. The molecule has 0 aliphatic carbocycles. The molecule has 0 amide bonds. The molecule has 0 unspecified atom stereocenters. The van der Waals surface area contributed by atoms with Crippen molar-refractivity contribution in [3.05, 3.63) is 43.0 Å². The predicted octanol–water partition coefficient (Wildman–Crippen LogP) is 2.31. The number of H-pyrrole nitrogens is 3. The van der Waals surface area contributed by atoms with Crippen LogP contribution < -0.4 is 11.2 Å². The molecule has 0 saturated carbocycles. The summed E-state index contributed by atoms with van der Waals surface area (Å²) >= 11 is 12.0. The zero-order valence-electron chi connectivity index (χ0n) is 12.4. The number of aromatic nitrogens is 6. The number of nitrogens with one attached hydrogen (secondary N) is 3. The maximum absolute atomic E-state index is 11.6. The van der Waals surface area contributed by atoms with Gasteiger partial charge in [-0.05, 0) is 12.1 Å². The normalized spacial score (nSPS) is 11.8. The van der Waals surface area contributed by atoms with Crippen LogP contribution in [0.4, 0.5) is 11.6 Å². The van der Waals surface area contributed by atoms with E-state index in [4.69, 9.17) is 23.2 Å². The molecule has 3 aromatic heterocycles. The zero-order chi connectivity index (χ0) is 18.4. The van der Waals surface area contributed by atoms with Crippen LogP contribution in [0.25, 0.3) is 22.1 Å². The third-order valence-corrected chi connectivity index (χ3v) is 3.88. The Kier molecular flexibility index (Phi) is 3.67. The van der Waals surface area contributed by atoms with Crippen molar-refractivity contribution in [2.75, 3.05) is 0 Å². The maximum Gasteiger partial charge on any atom is 0.327 e. The lowest BCUT2D eigenvalue weighted by Crippen LogP contribution is -2.23. The number of aromatic amines is 3. The molecule has 0 spiro atoms. The summed E-state index contributed by atoms with van der Waals surface area (Å²) in [6.45, 7) is 0. The van der Waals surface area contributed by atoms with E-state index in [0.717, 1.165) is 0 Å². The summed E-state index contributed by atoms with van der Waals surface area (Å²) in [4.78, 5) is 33.7. The van der Waals surface area contributed by atoms with E-state index in [-0.39, 0.29) is 28.7 Å². The number of halogens is 2. The van der Waals surface area contributed by atoms with Crippen molar-refractivity contribution < 1.29 is 5.11 Å². The highest BCUT2D eigenvalue weighted by Gasteiger charge is 2.14. The van der Waals surface area contributed by atoms with Gasteiger partial charge in [0.2, 0.25) is 5.88 Å². The molecule has 0 fully saturated rings. The fourth-order valence-electron chi connectivity index (χ4n) is 2.29. The number of rotatable bonds is 2. The first kappa shape index (κ1) is 16.2. The van der Waals surface area contributed by atoms with Gasteiger partial charge in [-0.1, -0.05) is 23.2 Å². The van der Waals surface area contributed by atoms with Crippen LogP contribution in [0.2, 0.25) is 10.0 Å².